The van der Waals surface area contributed by atoms with E-state index in [9.17, 15) is 13.2 Å². The van der Waals surface area contributed by atoms with Crippen molar-refractivity contribution in [3.63, 3.8) is 0 Å². The van der Waals surface area contributed by atoms with E-state index < -0.39 is 6.36 Å². The summed E-state index contributed by atoms with van der Waals surface area (Å²) >= 11 is 0. The Morgan fingerprint density at radius 1 is 0.923 bits per heavy atom. The van der Waals surface area contributed by atoms with Gasteiger partial charge in [-0.25, -0.2) is 9.97 Å². The molecule has 3 aromatic rings. The van der Waals surface area contributed by atoms with E-state index in [0.717, 1.165) is 11.1 Å². The normalized spacial score (nSPS) is 11.2. The molecular weight excluding hydrogens is 345 g/mol. The maximum atomic E-state index is 12.4. The van der Waals surface area contributed by atoms with Crippen LogP contribution in [0.1, 0.15) is 11.4 Å². The van der Waals surface area contributed by atoms with Crippen LogP contribution in [0.2, 0.25) is 0 Å². The second-order valence-corrected chi connectivity index (χ2v) is 5.51. The summed E-state index contributed by atoms with van der Waals surface area (Å²) < 4.78 is 46.8. The molecule has 0 N–H and O–H groups in total. The number of hydrogen-bond acceptors (Lipinski definition) is 4. The number of aryl methyl sites for hydroxylation is 1. The molecule has 0 unspecified atom stereocenters. The lowest BCUT2D eigenvalue weighted by molar-refractivity contribution is -0.274. The number of benzene rings is 2. The topological polar surface area (TPSA) is 44.2 Å². The van der Waals surface area contributed by atoms with Crippen LogP contribution in [-0.2, 0) is 6.61 Å². The predicted octanol–water partition coefficient (Wildman–Crippen LogP) is 4.93. The van der Waals surface area contributed by atoms with Crippen molar-refractivity contribution in [3.05, 3.63) is 72.3 Å². The van der Waals surface area contributed by atoms with E-state index in [1.165, 1.54) is 6.07 Å². The zero-order valence-corrected chi connectivity index (χ0v) is 13.8. The molecule has 0 radical (unpaired) electrons. The lowest BCUT2D eigenvalue weighted by atomic mass is 10.0. The Morgan fingerprint density at radius 3 is 2.35 bits per heavy atom. The highest BCUT2D eigenvalue weighted by Gasteiger charge is 2.31. The smallest absolute Gasteiger partial charge is 0.486 e. The molecule has 0 bridgehead atoms. The van der Waals surface area contributed by atoms with Crippen LogP contribution in [0.4, 0.5) is 13.2 Å². The summed E-state index contributed by atoms with van der Waals surface area (Å²) in [5, 5.41) is 0. The number of aromatic nitrogens is 2. The van der Waals surface area contributed by atoms with Crippen LogP contribution in [0.3, 0.4) is 0 Å². The Balaban J connectivity index is 1.76. The van der Waals surface area contributed by atoms with E-state index in [-0.39, 0.29) is 12.4 Å². The van der Waals surface area contributed by atoms with Crippen LogP contribution in [0.5, 0.6) is 11.5 Å². The molecule has 0 aliphatic heterocycles. The van der Waals surface area contributed by atoms with Gasteiger partial charge in [0.1, 0.15) is 18.1 Å². The van der Waals surface area contributed by atoms with Gasteiger partial charge in [0.2, 0.25) is 0 Å². The van der Waals surface area contributed by atoms with Gasteiger partial charge in [0, 0.05) is 12.4 Å². The summed E-state index contributed by atoms with van der Waals surface area (Å²) in [4.78, 5) is 8.17. The molecule has 0 saturated carbocycles. The zero-order valence-electron chi connectivity index (χ0n) is 13.8. The van der Waals surface area contributed by atoms with Crippen molar-refractivity contribution in [2.75, 3.05) is 0 Å². The number of rotatable bonds is 5. The van der Waals surface area contributed by atoms with Crippen molar-refractivity contribution in [2.24, 2.45) is 0 Å². The van der Waals surface area contributed by atoms with Crippen LogP contribution >= 0.6 is 0 Å². The molecule has 0 saturated heterocycles. The average Bonchev–Trinajstić information content (AvgIpc) is 2.62. The third-order valence-electron chi connectivity index (χ3n) is 3.56. The number of nitrogens with zero attached hydrogens (tertiary/aromatic N) is 2. The molecule has 0 aliphatic carbocycles. The Labute approximate surface area is 148 Å². The molecule has 2 aromatic carbocycles. The Morgan fingerprint density at radius 2 is 1.65 bits per heavy atom. The molecule has 0 atom stereocenters. The third kappa shape index (κ3) is 4.72. The minimum atomic E-state index is -4.71. The minimum Gasteiger partial charge on any atom is -0.486 e. The lowest BCUT2D eigenvalue weighted by Gasteiger charge is -2.13. The van der Waals surface area contributed by atoms with Gasteiger partial charge in [-0.3, -0.25) is 0 Å². The van der Waals surface area contributed by atoms with E-state index >= 15 is 0 Å². The first-order valence-corrected chi connectivity index (χ1v) is 7.76. The Bertz CT molecular complexity index is 883. The third-order valence-corrected chi connectivity index (χ3v) is 3.56. The van der Waals surface area contributed by atoms with Gasteiger partial charge in [0.15, 0.2) is 5.82 Å². The van der Waals surface area contributed by atoms with E-state index in [4.69, 9.17) is 4.74 Å². The first kappa shape index (κ1) is 17.7. The van der Waals surface area contributed by atoms with Gasteiger partial charge < -0.3 is 9.47 Å². The van der Waals surface area contributed by atoms with Gasteiger partial charge >= 0.3 is 6.36 Å². The SMILES string of the molecule is Cc1cc(-c2cccc(OCc3ncccn3)c2)ccc1OC(F)(F)F. The van der Waals surface area contributed by atoms with Gasteiger partial charge in [0.25, 0.3) is 0 Å². The van der Waals surface area contributed by atoms with Crippen LogP contribution in [-0.4, -0.2) is 16.3 Å². The summed E-state index contributed by atoms with van der Waals surface area (Å²) in [6.07, 6.45) is -1.44. The van der Waals surface area contributed by atoms with E-state index in [2.05, 4.69) is 14.7 Å². The monoisotopic (exact) mass is 360 g/mol. The molecule has 0 fully saturated rings. The summed E-state index contributed by atoms with van der Waals surface area (Å²) in [7, 11) is 0. The van der Waals surface area contributed by atoms with Gasteiger partial charge in [-0.1, -0.05) is 18.2 Å². The molecule has 0 spiro atoms. The number of ether oxygens (including phenoxy) is 2. The van der Waals surface area contributed by atoms with Crippen LogP contribution in [0.25, 0.3) is 11.1 Å². The highest BCUT2D eigenvalue weighted by atomic mass is 19.4. The van der Waals surface area contributed by atoms with Crippen molar-refractivity contribution in [2.45, 2.75) is 19.9 Å². The molecule has 7 heteroatoms. The predicted molar refractivity (Wildman–Crippen MR) is 89.7 cm³/mol. The summed E-state index contributed by atoms with van der Waals surface area (Å²) in [5.74, 6) is 0.959. The van der Waals surface area contributed by atoms with Gasteiger partial charge in [-0.15, -0.1) is 13.2 Å². The van der Waals surface area contributed by atoms with Gasteiger partial charge in [0.05, 0.1) is 0 Å². The lowest BCUT2D eigenvalue weighted by Crippen LogP contribution is -2.17. The zero-order chi connectivity index (χ0) is 18.6. The maximum Gasteiger partial charge on any atom is 0.573 e. The van der Waals surface area contributed by atoms with Gasteiger partial charge in [-0.05, 0) is 53.9 Å². The molecule has 0 aliphatic rings. The van der Waals surface area contributed by atoms with Gasteiger partial charge in [-0.2, -0.15) is 0 Å². The van der Waals surface area contributed by atoms with Crippen molar-refractivity contribution >= 4 is 0 Å². The summed E-state index contributed by atoms with van der Waals surface area (Å²) in [6.45, 7) is 1.79. The fraction of sp³-hybridized carbons (Fsp3) is 0.158. The molecule has 0 amide bonds. The Kier molecular flexibility index (Phi) is 5.06. The minimum absolute atomic E-state index is 0.213. The van der Waals surface area contributed by atoms with E-state index in [1.807, 2.05) is 18.2 Å². The first-order valence-electron chi connectivity index (χ1n) is 7.76. The maximum absolute atomic E-state index is 12.4. The number of halogens is 3. The largest absolute Gasteiger partial charge is 0.573 e. The quantitative estimate of drug-likeness (QED) is 0.647. The Hall–Kier alpha value is -3.09. The molecular formula is C19H15F3N2O2. The van der Waals surface area contributed by atoms with Crippen LogP contribution in [0, 0.1) is 6.92 Å². The molecule has 1 aromatic heterocycles. The second-order valence-electron chi connectivity index (χ2n) is 5.51. The standard InChI is InChI=1S/C19H15F3N2O2/c1-13-10-15(6-7-17(13)26-19(20,21)22)14-4-2-5-16(11-14)25-12-18-23-8-3-9-24-18/h2-11H,12H2,1H3. The number of hydrogen-bond donors (Lipinski definition) is 0. The second kappa shape index (κ2) is 7.43. The average molecular weight is 360 g/mol. The summed E-state index contributed by atoms with van der Waals surface area (Å²) in [5.41, 5.74) is 1.97. The van der Waals surface area contributed by atoms with E-state index in [0.29, 0.717) is 17.1 Å². The molecule has 4 nitrogen and oxygen atoms in total. The van der Waals surface area contributed by atoms with Crippen LogP contribution < -0.4 is 9.47 Å². The fourth-order valence-corrected chi connectivity index (χ4v) is 2.39. The molecule has 26 heavy (non-hydrogen) atoms. The molecule has 134 valence electrons. The first-order chi connectivity index (χ1) is 12.4. The van der Waals surface area contributed by atoms with Crippen molar-refractivity contribution < 1.29 is 22.6 Å². The van der Waals surface area contributed by atoms with Crippen molar-refractivity contribution in [3.8, 4) is 22.6 Å². The summed E-state index contributed by atoms with van der Waals surface area (Å²) in [6, 6.07) is 13.5. The highest BCUT2D eigenvalue weighted by Crippen LogP contribution is 2.31. The number of alkyl halides is 3. The molecule has 3 rings (SSSR count). The fourth-order valence-electron chi connectivity index (χ4n) is 2.39. The highest BCUT2D eigenvalue weighted by molar-refractivity contribution is 5.67. The van der Waals surface area contributed by atoms with Crippen molar-refractivity contribution in [1.82, 2.24) is 9.97 Å². The molecule has 1 heterocycles. The van der Waals surface area contributed by atoms with E-state index in [1.54, 1.807) is 43.6 Å². The van der Waals surface area contributed by atoms with Crippen molar-refractivity contribution in [1.29, 1.82) is 0 Å². The van der Waals surface area contributed by atoms with Crippen LogP contribution in [0.15, 0.2) is 60.9 Å².